The quantitative estimate of drug-likeness (QED) is 0.769. The van der Waals surface area contributed by atoms with Crippen LogP contribution in [0.5, 0.6) is 0 Å². The molecule has 1 aromatic rings. The number of carboxylic acid groups (broad SMARTS) is 1. The Balaban J connectivity index is 1.77. The normalized spacial score (nSPS) is 27.1. The van der Waals surface area contributed by atoms with Crippen molar-refractivity contribution < 1.29 is 19.4 Å². The molecule has 1 saturated heterocycles. The molecular formula is C14H19N3O4. The van der Waals surface area contributed by atoms with Crippen LogP contribution in [-0.4, -0.2) is 39.7 Å². The fraction of sp³-hybridized carbons (Fsp3) is 0.643. The zero-order valence-electron chi connectivity index (χ0n) is 11.9. The third kappa shape index (κ3) is 2.42. The second-order valence-corrected chi connectivity index (χ2v) is 5.93. The SMILES string of the molecule is CC1CCOC1C(=O)NC1(c2ncc(C(=O)O)[nH]2)CCC1. The number of aromatic nitrogens is 2. The zero-order valence-corrected chi connectivity index (χ0v) is 11.9. The van der Waals surface area contributed by atoms with Gasteiger partial charge in [-0.3, -0.25) is 4.79 Å². The number of ether oxygens (including phenoxy) is 1. The highest BCUT2D eigenvalue weighted by molar-refractivity contribution is 5.85. The first-order valence-electron chi connectivity index (χ1n) is 7.24. The smallest absolute Gasteiger partial charge is 0.353 e. The van der Waals surface area contributed by atoms with Crippen LogP contribution in [0.15, 0.2) is 6.20 Å². The number of hydrogen-bond donors (Lipinski definition) is 3. The molecule has 1 amide bonds. The maximum Gasteiger partial charge on any atom is 0.353 e. The molecule has 0 aromatic carbocycles. The molecule has 2 aliphatic rings. The summed E-state index contributed by atoms with van der Waals surface area (Å²) in [5.74, 6) is -0.464. The zero-order chi connectivity index (χ0) is 15.0. The highest BCUT2D eigenvalue weighted by atomic mass is 16.5. The summed E-state index contributed by atoms with van der Waals surface area (Å²) in [6.45, 7) is 2.61. The summed E-state index contributed by atoms with van der Waals surface area (Å²) in [4.78, 5) is 30.3. The Bertz CT molecular complexity index is 564. The van der Waals surface area contributed by atoms with Gasteiger partial charge in [0, 0.05) is 6.61 Å². The van der Waals surface area contributed by atoms with Crippen molar-refractivity contribution in [1.82, 2.24) is 15.3 Å². The average Bonchev–Trinajstić information content (AvgIpc) is 3.02. The van der Waals surface area contributed by atoms with Crippen molar-refractivity contribution in [3.05, 3.63) is 17.7 Å². The van der Waals surface area contributed by atoms with Gasteiger partial charge in [-0.15, -0.1) is 0 Å². The number of rotatable bonds is 4. The Morgan fingerprint density at radius 2 is 2.29 bits per heavy atom. The summed E-state index contributed by atoms with van der Waals surface area (Å²) >= 11 is 0. The first-order valence-corrected chi connectivity index (χ1v) is 7.24. The van der Waals surface area contributed by atoms with E-state index < -0.39 is 17.6 Å². The third-order valence-corrected chi connectivity index (χ3v) is 4.47. The number of aromatic carboxylic acids is 1. The molecule has 1 saturated carbocycles. The van der Waals surface area contributed by atoms with E-state index in [1.54, 1.807) is 0 Å². The highest BCUT2D eigenvalue weighted by Crippen LogP contribution is 2.40. The minimum absolute atomic E-state index is 0.0380. The van der Waals surface area contributed by atoms with Crippen LogP contribution < -0.4 is 5.32 Å². The highest BCUT2D eigenvalue weighted by Gasteiger charge is 2.45. The molecule has 0 spiro atoms. The Hall–Kier alpha value is -1.89. The summed E-state index contributed by atoms with van der Waals surface area (Å²) in [6, 6.07) is 0. The Morgan fingerprint density at radius 1 is 1.52 bits per heavy atom. The number of nitrogens with zero attached hydrogens (tertiary/aromatic N) is 1. The molecule has 21 heavy (non-hydrogen) atoms. The van der Waals surface area contributed by atoms with Crippen LogP contribution in [0.3, 0.4) is 0 Å². The second kappa shape index (κ2) is 5.14. The summed E-state index contributed by atoms with van der Waals surface area (Å²) < 4.78 is 5.48. The molecule has 114 valence electrons. The lowest BCUT2D eigenvalue weighted by molar-refractivity contribution is -0.135. The van der Waals surface area contributed by atoms with Crippen LogP contribution in [0.25, 0.3) is 0 Å². The first-order chi connectivity index (χ1) is 10.0. The van der Waals surface area contributed by atoms with Gasteiger partial charge in [0.2, 0.25) is 5.91 Å². The molecule has 1 aliphatic heterocycles. The van der Waals surface area contributed by atoms with Crippen LogP contribution in [0.4, 0.5) is 0 Å². The molecule has 0 bridgehead atoms. The van der Waals surface area contributed by atoms with Gasteiger partial charge in [0.05, 0.1) is 11.7 Å². The van der Waals surface area contributed by atoms with Crippen molar-refractivity contribution in [3.8, 4) is 0 Å². The minimum atomic E-state index is -1.05. The Morgan fingerprint density at radius 3 is 2.76 bits per heavy atom. The lowest BCUT2D eigenvalue weighted by Gasteiger charge is -2.41. The maximum absolute atomic E-state index is 12.4. The second-order valence-electron chi connectivity index (χ2n) is 5.93. The topological polar surface area (TPSA) is 104 Å². The van der Waals surface area contributed by atoms with Gasteiger partial charge in [-0.05, 0) is 31.6 Å². The number of imidazole rings is 1. The molecule has 2 unspecified atom stereocenters. The van der Waals surface area contributed by atoms with Crippen molar-refractivity contribution in [2.75, 3.05) is 6.61 Å². The van der Waals surface area contributed by atoms with Crippen molar-refractivity contribution >= 4 is 11.9 Å². The fourth-order valence-corrected chi connectivity index (χ4v) is 2.96. The standard InChI is InChI=1S/C14H19N3O4/c1-8-3-6-21-10(8)11(18)17-14(4-2-5-14)13-15-7-9(16-13)12(19)20/h7-8,10H,2-6H2,1H3,(H,15,16)(H,17,18)(H,19,20). The van der Waals surface area contributed by atoms with Crippen molar-refractivity contribution in [1.29, 1.82) is 0 Å². The molecule has 2 fully saturated rings. The molecule has 1 aliphatic carbocycles. The molecule has 2 atom stereocenters. The summed E-state index contributed by atoms with van der Waals surface area (Å²) in [5.41, 5.74) is -0.535. The lowest BCUT2D eigenvalue weighted by atomic mass is 9.75. The third-order valence-electron chi connectivity index (χ3n) is 4.47. The van der Waals surface area contributed by atoms with E-state index in [0.29, 0.717) is 12.4 Å². The van der Waals surface area contributed by atoms with Gasteiger partial charge in [0.25, 0.3) is 0 Å². The number of amides is 1. The largest absolute Gasteiger partial charge is 0.477 e. The molecular weight excluding hydrogens is 274 g/mol. The summed E-state index contributed by atoms with van der Waals surface area (Å²) in [7, 11) is 0. The predicted octanol–water partition coefficient (Wildman–Crippen LogP) is 1.03. The summed E-state index contributed by atoms with van der Waals surface area (Å²) in [5, 5.41) is 12.0. The van der Waals surface area contributed by atoms with E-state index in [1.165, 1.54) is 6.20 Å². The number of carboxylic acids is 1. The predicted molar refractivity (Wildman–Crippen MR) is 72.7 cm³/mol. The molecule has 0 radical (unpaired) electrons. The van der Waals surface area contributed by atoms with E-state index in [1.807, 2.05) is 6.92 Å². The van der Waals surface area contributed by atoms with Gasteiger partial charge in [0.15, 0.2) is 0 Å². The number of carbonyl (C=O) groups is 2. The molecule has 1 aromatic heterocycles. The van der Waals surface area contributed by atoms with Gasteiger partial charge in [0.1, 0.15) is 17.6 Å². The van der Waals surface area contributed by atoms with E-state index in [0.717, 1.165) is 25.7 Å². The first kappa shape index (κ1) is 14.1. The fourth-order valence-electron chi connectivity index (χ4n) is 2.96. The molecule has 2 heterocycles. The van der Waals surface area contributed by atoms with Crippen LogP contribution >= 0.6 is 0 Å². The van der Waals surface area contributed by atoms with Gasteiger partial charge in [-0.25, -0.2) is 9.78 Å². The lowest BCUT2D eigenvalue weighted by Crippen LogP contribution is -2.54. The maximum atomic E-state index is 12.4. The van der Waals surface area contributed by atoms with Crippen molar-refractivity contribution in [2.45, 2.75) is 44.2 Å². The van der Waals surface area contributed by atoms with Gasteiger partial charge in [-0.1, -0.05) is 6.92 Å². The van der Waals surface area contributed by atoms with Gasteiger partial charge in [-0.2, -0.15) is 0 Å². The number of carbonyl (C=O) groups excluding carboxylic acids is 1. The number of nitrogens with one attached hydrogen (secondary N) is 2. The number of aromatic amines is 1. The van der Waals surface area contributed by atoms with Gasteiger partial charge < -0.3 is 20.1 Å². The van der Waals surface area contributed by atoms with Crippen LogP contribution in [0.2, 0.25) is 0 Å². The monoisotopic (exact) mass is 293 g/mol. The van der Waals surface area contributed by atoms with E-state index in [9.17, 15) is 9.59 Å². The van der Waals surface area contributed by atoms with Crippen molar-refractivity contribution in [3.63, 3.8) is 0 Å². The molecule has 3 rings (SSSR count). The van der Waals surface area contributed by atoms with Gasteiger partial charge >= 0.3 is 5.97 Å². The van der Waals surface area contributed by atoms with E-state index >= 15 is 0 Å². The number of hydrogen-bond acceptors (Lipinski definition) is 4. The van der Waals surface area contributed by atoms with E-state index in [-0.39, 0.29) is 17.5 Å². The number of H-pyrrole nitrogens is 1. The minimum Gasteiger partial charge on any atom is -0.477 e. The Kier molecular flexibility index (Phi) is 3.44. The summed E-state index contributed by atoms with van der Waals surface area (Å²) in [6.07, 6.45) is 4.24. The van der Waals surface area contributed by atoms with E-state index in [4.69, 9.17) is 9.84 Å². The molecule has 7 nitrogen and oxygen atoms in total. The Labute approximate surface area is 122 Å². The molecule has 3 N–H and O–H groups in total. The van der Waals surface area contributed by atoms with E-state index in [2.05, 4.69) is 15.3 Å². The average molecular weight is 293 g/mol. The van der Waals surface area contributed by atoms with Crippen molar-refractivity contribution in [2.24, 2.45) is 5.92 Å². The van der Waals surface area contributed by atoms with Crippen LogP contribution in [-0.2, 0) is 15.1 Å². The van der Waals surface area contributed by atoms with Crippen LogP contribution in [0, 0.1) is 5.92 Å². The van der Waals surface area contributed by atoms with Crippen LogP contribution in [0.1, 0.15) is 48.9 Å². The molecule has 7 heteroatoms.